The lowest BCUT2D eigenvalue weighted by Crippen LogP contribution is -2.43. The normalized spacial score (nSPS) is 16.0. The Morgan fingerprint density at radius 1 is 1.24 bits per heavy atom. The van der Waals surface area contributed by atoms with E-state index in [2.05, 4.69) is 15.4 Å². The minimum Gasteiger partial charge on any atom is -0.319 e. The van der Waals surface area contributed by atoms with Gasteiger partial charge >= 0.3 is 6.18 Å². The minimum absolute atomic E-state index is 0.0161. The lowest BCUT2D eigenvalue weighted by molar-refractivity contribution is -0.137. The molecule has 0 fully saturated rings. The van der Waals surface area contributed by atoms with Crippen LogP contribution in [0, 0.1) is 12.7 Å². The number of rotatable bonds is 3. The SMILES string of the molecule is Cc1c(F)cncc1C(=O)Nc1cnn2c1C(=O)N(c1ccc(C(F)(F)F)c(Cl)c1)C[C@@H]2C. The van der Waals surface area contributed by atoms with Gasteiger partial charge in [-0.05, 0) is 32.0 Å². The summed E-state index contributed by atoms with van der Waals surface area (Å²) in [6.45, 7) is 3.30. The Morgan fingerprint density at radius 2 is 1.97 bits per heavy atom. The second-order valence-corrected chi connectivity index (χ2v) is 7.93. The van der Waals surface area contributed by atoms with Gasteiger partial charge in [0, 0.05) is 24.0 Å². The summed E-state index contributed by atoms with van der Waals surface area (Å²) in [5.74, 6) is -1.94. The molecule has 1 aromatic carbocycles. The summed E-state index contributed by atoms with van der Waals surface area (Å²) in [5.41, 5.74) is -0.674. The van der Waals surface area contributed by atoms with Crippen molar-refractivity contribution in [1.29, 1.82) is 0 Å². The fraction of sp³-hybridized carbons (Fsp3) is 0.238. The van der Waals surface area contributed by atoms with E-state index in [1.165, 1.54) is 28.9 Å². The number of amides is 2. The monoisotopic (exact) mass is 481 g/mol. The van der Waals surface area contributed by atoms with Crippen LogP contribution in [-0.4, -0.2) is 33.1 Å². The average Bonchev–Trinajstić information content (AvgIpc) is 3.16. The van der Waals surface area contributed by atoms with Crippen molar-refractivity contribution in [1.82, 2.24) is 14.8 Å². The first-order chi connectivity index (χ1) is 15.5. The maximum atomic E-state index is 13.8. The van der Waals surface area contributed by atoms with Gasteiger partial charge in [-0.15, -0.1) is 0 Å². The maximum absolute atomic E-state index is 13.8. The van der Waals surface area contributed by atoms with Crippen LogP contribution < -0.4 is 10.2 Å². The molecule has 1 aliphatic heterocycles. The van der Waals surface area contributed by atoms with Crippen molar-refractivity contribution in [2.75, 3.05) is 16.8 Å². The molecule has 0 saturated carbocycles. The number of pyridine rings is 1. The van der Waals surface area contributed by atoms with Gasteiger partial charge in [0.15, 0.2) is 5.69 Å². The van der Waals surface area contributed by atoms with Gasteiger partial charge in [-0.3, -0.25) is 19.3 Å². The van der Waals surface area contributed by atoms with E-state index in [1.807, 2.05) is 0 Å². The minimum atomic E-state index is -4.63. The molecule has 172 valence electrons. The van der Waals surface area contributed by atoms with E-state index in [4.69, 9.17) is 11.6 Å². The van der Waals surface area contributed by atoms with Crippen LogP contribution in [0.5, 0.6) is 0 Å². The Kier molecular flexibility index (Phi) is 5.61. The Morgan fingerprint density at radius 3 is 2.64 bits per heavy atom. The highest BCUT2D eigenvalue weighted by Gasteiger charge is 2.36. The maximum Gasteiger partial charge on any atom is 0.417 e. The van der Waals surface area contributed by atoms with Crippen molar-refractivity contribution < 1.29 is 27.2 Å². The van der Waals surface area contributed by atoms with E-state index in [9.17, 15) is 27.2 Å². The van der Waals surface area contributed by atoms with Crippen molar-refractivity contribution in [2.24, 2.45) is 0 Å². The first-order valence-electron chi connectivity index (χ1n) is 9.66. The number of fused-ring (bicyclic) bond motifs is 1. The molecule has 4 rings (SSSR count). The molecular formula is C21H16ClF4N5O2. The number of hydrogen-bond donors (Lipinski definition) is 1. The predicted octanol–water partition coefficient (Wildman–Crippen LogP) is 4.87. The van der Waals surface area contributed by atoms with Crippen LogP contribution in [0.15, 0.2) is 36.8 Å². The van der Waals surface area contributed by atoms with Gasteiger partial charge in [0.25, 0.3) is 11.8 Å². The molecule has 1 aliphatic rings. The largest absolute Gasteiger partial charge is 0.417 e. The molecule has 0 bridgehead atoms. The molecule has 33 heavy (non-hydrogen) atoms. The lowest BCUT2D eigenvalue weighted by atomic mass is 10.1. The topological polar surface area (TPSA) is 80.1 Å². The third kappa shape index (κ3) is 4.04. The zero-order chi connectivity index (χ0) is 24.1. The van der Waals surface area contributed by atoms with E-state index < -0.39 is 34.4 Å². The molecule has 1 N–H and O–H groups in total. The molecule has 0 radical (unpaired) electrons. The summed E-state index contributed by atoms with van der Waals surface area (Å²) in [6.07, 6.45) is -1.17. The third-order valence-corrected chi connectivity index (χ3v) is 5.64. The summed E-state index contributed by atoms with van der Waals surface area (Å²) in [7, 11) is 0. The number of benzene rings is 1. The zero-order valence-electron chi connectivity index (χ0n) is 17.2. The molecule has 0 unspecified atom stereocenters. The number of halogens is 5. The average molecular weight is 482 g/mol. The highest BCUT2D eigenvalue weighted by molar-refractivity contribution is 6.31. The van der Waals surface area contributed by atoms with E-state index in [1.54, 1.807) is 6.92 Å². The predicted molar refractivity (Wildman–Crippen MR) is 112 cm³/mol. The summed E-state index contributed by atoms with van der Waals surface area (Å²) >= 11 is 5.82. The van der Waals surface area contributed by atoms with Crippen LogP contribution >= 0.6 is 11.6 Å². The van der Waals surface area contributed by atoms with Gasteiger partial charge in [-0.2, -0.15) is 18.3 Å². The molecule has 2 aromatic heterocycles. The number of carbonyl (C=O) groups is 2. The van der Waals surface area contributed by atoms with Gasteiger partial charge in [0.1, 0.15) is 5.82 Å². The van der Waals surface area contributed by atoms with Crippen LogP contribution in [-0.2, 0) is 6.18 Å². The number of nitrogens with one attached hydrogen (secondary N) is 1. The van der Waals surface area contributed by atoms with Crippen LogP contribution in [0.4, 0.5) is 28.9 Å². The quantitative estimate of drug-likeness (QED) is 0.541. The number of anilines is 2. The van der Waals surface area contributed by atoms with E-state index >= 15 is 0 Å². The molecule has 0 aliphatic carbocycles. The van der Waals surface area contributed by atoms with Crippen LogP contribution in [0.1, 0.15) is 44.9 Å². The van der Waals surface area contributed by atoms with E-state index in [-0.39, 0.29) is 40.8 Å². The molecular weight excluding hydrogens is 466 g/mol. The van der Waals surface area contributed by atoms with Crippen molar-refractivity contribution in [3.8, 4) is 0 Å². The molecule has 12 heteroatoms. The molecule has 7 nitrogen and oxygen atoms in total. The molecule has 0 saturated heterocycles. The Balaban J connectivity index is 1.67. The second-order valence-electron chi connectivity index (χ2n) is 7.53. The summed E-state index contributed by atoms with van der Waals surface area (Å²) in [6, 6.07) is 2.68. The van der Waals surface area contributed by atoms with Gasteiger partial charge in [-0.25, -0.2) is 4.39 Å². The number of aromatic nitrogens is 3. The first kappa shape index (κ1) is 22.7. The fourth-order valence-corrected chi connectivity index (χ4v) is 3.88. The van der Waals surface area contributed by atoms with Crippen molar-refractivity contribution >= 4 is 34.8 Å². The van der Waals surface area contributed by atoms with Crippen molar-refractivity contribution in [3.63, 3.8) is 0 Å². The highest BCUT2D eigenvalue weighted by atomic mass is 35.5. The van der Waals surface area contributed by atoms with Gasteiger partial charge in [0.05, 0.1) is 40.3 Å². The zero-order valence-corrected chi connectivity index (χ0v) is 18.0. The van der Waals surface area contributed by atoms with Gasteiger partial charge < -0.3 is 10.2 Å². The first-order valence-corrected chi connectivity index (χ1v) is 10.0. The molecule has 0 spiro atoms. The Labute approximate surface area is 190 Å². The summed E-state index contributed by atoms with van der Waals surface area (Å²) < 4.78 is 54.3. The van der Waals surface area contributed by atoms with E-state index in [0.717, 1.165) is 24.4 Å². The lowest BCUT2D eigenvalue weighted by Gasteiger charge is -2.32. The number of hydrogen-bond acceptors (Lipinski definition) is 4. The highest BCUT2D eigenvalue weighted by Crippen LogP contribution is 2.38. The van der Waals surface area contributed by atoms with Gasteiger partial charge in [0.2, 0.25) is 0 Å². The Hall–Kier alpha value is -3.47. The number of nitrogens with zero attached hydrogens (tertiary/aromatic N) is 4. The molecule has 3 heterocycles. The molecule has 1 atom stereocenters. The van der Waals surface area contributed by atoms with E-state index in [0.29, 0.717) is 0 Å². The molecule has 2 amide bonds. The standard InChI is InChI=1S/C21H16ClF4N5O2/c1-10-9-30(12-3-4-14(15(22)5-12)21(24,25)26)20(33)18-17(8-28-31(10)18)29-19(32)13-6-27-7-16(23)11(13)2/h3-8,10H,9H2,1-2H3,(H,29,32)/t10-/m0/s1. The van der Waals surface area contributed by atoms with Crippen molar-refractivity contribution in [3.05, 3.63) is 70.0 Å². The van der Waals surface area contributed by atoms with Gasteiger partial charge in [-0.1, -0.05) is 11.6 Å². The summed E-state index contributed by atoms with van der Waals surface area (Å²) in [5, 5.41) is 6.16. The summed E-state index contributed by atoms with van der Waals surface area (Å²) in [4.78, 5) is 30.9. The smallest absolute Gasteiger partial charge is 0.319 e. The number of alkyl halides is 3. The number of carbonyl (C=O) groups excluding carboxylic acids is 2. The van der Waals surface area contributed by atoms with Crippen LogP contribution in [0.2, 0.25) is 5.02 Å². The fourth-order valence-electron chi connectivity index (χ4n) is 3.60. The van der Waals surface area contributed by atoms with Crippen LogP contribution in [0.3, 0.4) is 0 Å². The molecule has 3 aromatic rings. The third-order valence-electron chi connectivity index (χ3n) is 5.32. The second kappa shape index (κ2) is 8.14. The Bertz CT molecular complexity index is 1270. The van der Waals surface area contributed by atoms with Crippen LogP contribution in [0.25, 0.3) is 0 Å². The van der Waals surface area contributed by atoms with Crippen molar-refractivity contribution in [2.45, 2.75) is 26.1 Å².